The summed E-state index contributed by atoms with van der Waals surface area (Å²) in [7, 11) is 0. The van der Waals surface area contributed by atoms with Gasteiger partial charge in [-0.05, 0) is 48.4 Å². The van der Waals surface area contributed by atoms with Crippen LogP contribution < -0.4 is 0 Å². The summed E-state index contributed by atoms with van der Waals surface area (Å²) in [5, 5.41) is 0. The van der Waals surface area contributed by atoms with E-state index < -0.39 is 0 Å². The maximum absolute atomic E-state index is 14.6. The maximum atomic E-state index is 14.6. The van der Waals surface area contributed by atoms with Gasteiger partial charge >= 0.3 is 0 Å². The monoisotopic (exact) mass is 354 g/mol. The smallest absolute Gasteiger partial charge is 0.131 e. The fourth-order valence-electron chi connectivity index (χ4n) is 3.49. The van der Waals surface area contributed by atoms with Gasteiger partial charge < -0.3 is 0 Å². The van der Waals surface area contributed by atoms with Gasteiger partial charge in [-0.1, -0.05) is 95.2 Å². The van der Waals surface area contributed by atoms with E-state index in [1.807, 2.05) is 6.07 Å². The number of unbranched alkanes of at least 4 members (excludes halogenated alkanes) is 7. The molecule has 0 saturated carbocycles. The second kappa shape index (κ2) is 11.9. The highest BCUT2D eigenvalue weighted by Gasteiger charge is 2.06. The first-order chi connectivity index (χ1) is 12.7. The summed E-state index contributed by atoms with van der Waals surface area (Å²) >= 11 is 0. The predicted molar refractivity (Wildman–Crippen MR) is 112 cm³/mol. The van der Waals surface area contributed by atoms with Crippen molar-refractivity contribution in [3.05, 3.63) is 59.4 Å². The van der Waals surface area contributed by atoms with E-state index in [4.69, 9.17) is 0 Å². The third-order valence-electron chi connectivity index (χ3n) is 5.19. The van der Waals surface area contributed by atoms with Crippen LogP contribution in [0.15, 0.2) is 42.5 Å². The van der Waals surface area contributed by atoms with Crippen LogP contribution in [0.25, 0.3) is 11.1 Å². The zero-order valence-corrected chi connectivity index (χ0v) is 16.7. The number of hydrogen-bond acceptors (Lipinski definition) is 0. The van der Waals surface area contributed by atoms with Crippen molar-refractivity contribution in [1.29, 1.82) is 0 Å². The summed E-state index contributed by atoms with van der Waals surface area (Å²) < 4.78 is 14.6. The highest BCUT2D eigenvalue weighted by Crippen LogP contribution is 2.25. The van der Waals surface area contributed by atoms with Crippen molar-refractivity contribution in [2.24, 2.45) is 0 Å². The first-order valence-electron chi connectivity index (χ1n) is 10.6. The van der Waals surface area contributed by atoms with Crippen LogP contribution in [-0.2, 0) is 12.8 Å². The lowest BCUT2D eigenvalue weighted by Gasteiger charge is -2.08. The fraction of sp³-hybridized carbons (Fsp3) is 0.520. The minimum Gasteiger partial charge on any atom is -0.206 e. The average Bonchev–Trinajstić information content (AvgIpc) is 2.66. The Balaban J connectivity index is 1.88. The lowest BCUT2D eigenvalue weighted by molar-refractivity contribution is 0.603. The van der Waals surface area contributed by atoms with E-state index in [2.05, 4.69) is 44.2 Å². The molecule has 0 bridgehead atoms. The number of rotatable bonds is 12. The van der Waals surface area contributed by atoms with Crippen LogP contribution in [0.4, 0.5) is 4.39 Å². The van der Waals surface area contributed by atoms with Gasteiger partial charge in [0.05, 0.1) is 0 Å². The Morgan fingerprint density at radius 3 is 1.85 bits per heavy atom. The molecule has 142 valence electrons. The van der Waals surface area contributed by atoms with Crippen molar-refractivity contribution in [3.8, 4) is 11.1 Å². The average molecular weight is 355 g/mol. The zero-order chi connectivity index (χ0) is 18.6. The highest BCUT2D eigenvalue weighted by molar-refractivity contribution is 5.64. The molecule has 2 aromatic rings. The van der Waals surface area contributed by atoms with E-state index in [9.17, 15) is 4.39 Å². The molecule has 0 saturated heterocycles. The molecule has 0 aliphatic carbocycles. The van der Waals surface area contributed by atoms with Crippen molar-refractivity contribution < 1.29 is 4.39 Å². The van der Waals surface area contributed by atoms with Crippen LogP contribution in [0, 0.1) is 5.82 Å². The molecule has 0 unspecified atom stereocenters. The third kappa shape index (κ3) is 6.94. The Morgan fingerprint density at radius 1 is 0.615 bits per heavy atom. The molecule has 0 amide bonds. The molecule has 0 atom stereocenters. The predicted octanol–water partition coefficient (Wildman–Crippen LogP) is 8.13. The first-order valence-corrected chi connectivity index (χ1v) is 10.6. The molecular formula is C25H35F. The minimum absolute atomic E-state index is 0.0905. The van der Waals surface area contributed by atoms with Gasteiger partial charge in [-0.15, -0.1) is 0 Å². The van der Waals surface area contributed by atoms with E-state index in [1.54, 1.807) is 6.07 Å². The van der Waals surface area contributed by atoms with Crippen LogP contribution in [-0.4, -0.2) is 0 Å². The summed E-state index contributed by atoms with van der Waals surface area (Å²) in [5.41, 5.74) is 4.17. The Bertz CT molecular complexity index is 627. The third-order valence-corrected chi connectivity index (χ3v) is 5.19. The van der Waals surface area contributed by atoms with Crippen molar-refractivity contribution in [2.45, 2.75) is 84.5 Å². The van der Waals surface area contributed by atoms with Gasteiger partial charge in [0.1, 0.15) is 5.82 Å². The zero-order valence-electron chi connectivity index (χ0n) is 16.7. The summed E-state index contributed by atoms with van der Waals surface area (Å²) in [5.74, 6) is -0.0905. The SMILES string of the molecule is CCCCCCCCc1ccc(-c2ccc(CCCCC)cc2)c(F)c1. The van der Waals surface area contributed by atoms with Gasteiger partial charge in [0.2, 0.25) is 0 Å². The molecule has 0 nitrogen and oxygen atoms in total. The molecule has 0 spiro atoms. The fourth-order valence-corrected chi connectivity index (χ4v) is 3.49. The number of halogens is 1. The Morgan fingerprint density at radius 2 is 1.15 bits per heavy atom. The molecule has 0 fully saturated rings. The Hall–Kier alpha value is -1.63. The molecule has 0 aliphatic rings. The van der Waals surface area contributed by atoms with Crippen LogP contribution in [0.3, 0.4) is 0 Å². The second-order valence-electron chi connectivity index (χ2n) is 7.49. The molecule has 26 heavy (non-hydrogen) atoms. The molecule has 0 aliphatic heterocycles. The molecule has 0 heterocycles. The van der Waals surface area contributed by atoms with Crippen molar-refractivity contribution in [1.82, 2.24) is 0 Å². The van der Waals surface area contributed by atoms with Gasteiger partial charge in [0.25, 0.3) is 0 Å². The van der Waals surface area contributed by atoms with Gasteiger partial charge in [-0.25, -0.2) is 4.39 Å². The lowest BCUT2D eigenvalue weighted by atomic mass is 9.98. The molecule has 2 rings (SSSR count). The molecule has 2 aromatic carbocycles. The highest BCUT2D eigenvalue weighted by atomic mass is 19.1. The van der Waals surface area contributed by atoms with Crippen LogP contribution in [0.1, 0.15) is 82.8 Å². The van der Waals surface area contributed by atoms with Gasteiger partial charge in [-0.3, -0.25) is 0 Å². The Kier molecular flexibility index (Phi) is 9.45. The topological polar surface area (TPSA) is 0 Å². The number of aryl methyl sites for hydroxylation is 2. The summed E-state index contributed by atoms with van der Waals surface area (Å²) in [4.78, 5) is 0. The van der Waals surface area contributed by atoms with Gasteiger partial charge in [-0.2, -0.15) is 0 Å². The van der Waals surface area contributed by atoms with Crippen LogP contribution >= 0.6 is 0 Å². The van der Waals surface area contributed by atoms with Crippen molar-refractivity contribution >= 4 is 0 Å². The van der Waals surface area contributed by atoms with Gasteiger partial charge in [0.15, 0.2) is 0 Å². The van der Waals surface area contributed by atoms with E-state index in [-0.39, 0.29) is 5.82 Å². The maximum Gasteiger partial charge on any atom is 0.131 e. The van der Waals surface area contributed by atoms with E-state index in [1.165, 1.54) is 56.9 Å². The molecule has 0 aromatic heterocycles. The quantitative estimate of drug-likeness (QED) is 0.337. The van der Waals surface area contributed by atoms with Crippen LogP contribution in [0.2, 0.25) is 0 Å². The largest absolute Gasteiger partial charge is 0.206 e. The van der Waals surface area contributed by atoms with Crippen molar-refractivity contribution in [2.75, 3.05) is 0 Å². The second-order valence-corrected chi connectivity index (χ2v) is 7.49. The molecule has 1 heteroatoms. The molecule has 0 radical (unpaired) electrons. The lowest BCUT2D eigenvalue weighted by Crippen LogP contribution is -1.91. The van der Waals surface area contributed by atoms with Gasteiger partial charge in [0, 0.05) is 5.56 Å². The van der Waals surface area contributed by atoms with E-state index in [0.717, 1.165) is 36.0 Å². The minimum atomic E-state index is -0.0905. The number of hydrogen-bond donors (Lipinski definition) is 0. The standard InChI is InChI=1S/C25H35F/c1-3-5-7-8-9-11-13-22-16-19-24(25(26)20-22)23-17-14-21(15-18-23)12-10-6-4-2/h14-20H,3-13H2,1-2H3. The van der Waals surface area contributed by atoms with E-state index >= 15 is 0 Å². The molecule has 0 N–H and O–H groups in total. The normalized spacial score (nSPS) is 11.0. The van der Waals surface area contributed by atoms with Crippen molar-refractivity contribution in [3.63, 3.8) is 0 Å². The summed E-state index contributed by atoms with van der Waals surface area (Å²) in [6.07, 6.45) is 13.5. The first kappa shape index (κ1) is 20.7. The van der Waals surface area contributed by atoms with Crippen LogP contribution in [0.5, 0.6) is 0 Å². The Labute approximate surface area is 159 Å². The number of benzene rings is 2. The summed E-state index contributed by atoms with van der Waals surface area (Å²) in [6.45, 7) is 4.46. The molecular weight excluding hydrogens is 319 g/mol. The summed E-state index contributed by atoms with van der Waals surface area (Å²) in [6, 6.07) is 14.2. The van der Waals surface area contributed by atoms with E-state index in [0.29, 0.717) is 0 Å².